The zero-order valence-corrected chi connectivity index (χ0v) is 16.8. The van der Waals surface area contributed by atoms with Crippen molar-refractivity contribution >= 4 is 34.5 Å². The van der Waals surface area contributed by atoms with Gasteiger partial charge in [0.1, 0.15) is 0 Å². The first kappa shape index (κ1) is 17.1. The number of carbonyl (C=O) groups is 1. The van der Waals surface area contributed by atoms with Gasteiger partial charge in [-0.3, -0.25) is 9.20 Å². The highest BCUT2D eigenvalue weighted by Gasteiger charge is 2.61. The van der Waals surface area contributed by atoms with Crippen molar-refractivity contribution in [2.75, 3.05) is 5.75 Å². The van der Waals surface area contributed by atoms with Crippen LogP contribution in [0.3, 0.4) is 0 Å². The Balaban J connectivity index is 1.30. The van der Waals surface area contributed by atoms with E-state index in [1.807, 2.05) is 28.7 Å². The Morgan fingerprint density at radius 2 is 2.19 bits per heavy atom. The molecule has 2 aliphatic carbocycles. The first-order valence-corrected chi connectivity index (χ1v) is 10.6. The summed E-state index contributed by atoms with van der Waals surface area (Å²) in [5.41, 5.74) is 2.45. The minimum absolute atomic E-state index is 0.0927. The van der Waals surface area contributed by atoms with Gasteiger partial charge < -0.3 is 5.32 Å². The summed E-state index contributed by atoms with van der Waals surface area (Å²) >= 11 is 1.45. The van der Waals surface area contributed by atoms with E-state index in [1.165, 1.54) is 24.6 Å². The number of rotatable bonds is 4. The van der Waals surface area contributed by atoms with Gasteiger partial charge in [0.15, 0.2) is 5.16 Å². The van der Waals surface area contributed by atoms with Crippen molar-refractivity contribution in [3.8, 4) is 0 Å². The maximum absolute atomic E-state index is 12.7. The average molecular weight is 384 g/mol. The summed E-state index contributed by atoms with van der Waals surface area (Å²) in [5, 5.41) is 11.4. The number of H-pyrrole nitrogens is 1. The topological polar surface area (TPSA) is 75.1 Å². The van der Waals surface area contributed by atoms with Crippen LogP contribution in [-0.4, -0.2) is 37.3 Å². The van der Waals surface area contributed by atoms with Gasteiger partial charge >= 0.3 is 0 Å². The second-order valence-corrected chi connectivity index (χ2v) is 9.73. The molecule has 6 nitrogen and oxygen atoms in total. The van der Waals surface area contributed by atoms with Gasteiger partial charge in [-0.15, -0.1) is 5.10 Å². The minimum Gasteiger partial charge on any atom is -0.352 e. The van der Waals surface area contributed by atoms with Crippen molar-refractivity contribution in [2.45, 2.75) is 51.2 Å². The normalized spacial score (nSPS) is 29.0. The van der Waals surface area contributed by atoms with Crippen LogP contribution >= 0.6 is 11.8 Å². The summed E-state index contributed by atoms with van der Waals surface area (Å²) in [6, 6.07) is 8.25. The molecule has 2 heterocycles. The van der Waals surface area contributed by atoms with E-state index in [0.29, 0.717) is 16.9 Å². The first-order chi connectivity index (χ1) is 12.9. The number of hydrogen-bond donors (Lipinski definition) is 2. The van der Waals surface area contributed by atoms with Gasteiger partial charge in [0.2, 0.25) is 11.7 Å². The van der Waals surface area contributed by atoms with Gasteiger partial charge in [0.05, 0.1) is 16.8 Å². The molecule has 7 heteroatoms. The molecular formula is C20H25N5OS. The van der Waals surface area contributed by atoms with E-state index >= 15 is 0 Å². The highest BCUT2D eigenvalue weighted by molar-refractivity contribution is 7.99. The lowest BCUT2D eigenvalue weighted by Crippen LogP contribution is -2.47. The summed E-state index contributed by atoms with van der Waals surface area (Å²) in [7, 11) is 0. The van der Waals surface area contributed by atoms with Crippen LogP contribution in [0.4, 0.5) is 0 Å². The third-order valence-corrected chi connectivity index (χ3v) is 8.40. The SMILES string of the molecule is CC1(C)C2CCC1(C)C(NC(=O)CSc1n[nH]c3nc4ccccc4n13)C2. The van der Waals surface area contributed by atoms with E-state index in [-0.39, 0.29) is 17.4 Å². The molecule has 3 unspecified atom stereocenters. The Kier molecular flexibility index (Phi) is 3.63. The number of hydrogen-bond acceptors (Lipinski definition) is 4. The van der Waals surface area contributed by atoms with E-state index in [4.69, 9.17) is 0 Å². The fourth-order valence-corrected chi connectivity index (χ4v) is 6.09. The molecule has 5 rings (SSSR count). The number of amides is 1. The molecular weight excluding hydrogens is 358 g/mol. The highest BCUT2D eigenvalue weighted by Crippen LogP contribution is 2.65. The molecule has 0 aliphatic heterocycles. The minimum atomic E-state index is 0.0927. The van der Waals surface area contributed by atoms with Crippen LogP contribution < -0.4 is 5.32 Å². The molecule has 2 fully saturated rings. The lowest BCUT2D eigenvalue weighted by Gasteiger charge is -2.39. The summed E-state index contributed by atoms with van der Waals surface area (Å²) in [6.07, 6.45) is 3.62. The molecule has 142 valence electrons. The lowest BCUT2D eigenvalue weighted by molar-refractivity contribution is -0.120. The average Bonchev–Trinajstić information content (AvgIpc) is 3.30. The first-order valence-electron chi connectivity index (χ1n) is 9.64. The van der Waals surface area contributed by atoms with Gasteiger partial charge in [-0.1, -0.05) is 44.7 Å². The Labute approximate surface area is 162 Å². The van der Waals surface area contributed by atoms with Gasteiger partial charge in [-0.05, 0) is 48.1 Å². The number of carbonyl (C=O) groups excluding carboxylic acids is 1. The van der Waals surface area contributed by atoms with E-state index in [2.05, 4.69) is 41.3 Å². The zero-order valence-electron chi connectivity index (χ0n) is 16.0. The van der Waals surface area contributed by atoms with Crippen molar-refractivity contribution in [2.24, 2.45) is 16.7 Å². The van der Waals surface area contributed by atoms with Crippen LogP contribution in [0, 0.1) is 16.7 Å². The van der Waals surface area contributed by atoms with Crippen LogP contribution in [0.25, 0.3) is 16.8 Å². The van der Waals surface area contributed by atoms with Crippen molar-refractivity contribution in [3.05, 3.63) is 24.3 Å². The Hall–Kier alpha value is -2.02. The Bertz CT molecular complexity index is 1040. The fourth-order valence-electron chi connectivity index (χ4n) is 5.33. The van der Waals surface area contributed by atoms with E-state index in [1.54, 1.807) is 0 Å². The molecule has 2 aromatic heterocycles. The number of para-hydroxylation sites is 2. The third kappa shape index (κ3) is 2.37. The van der Waals surface area contributed by atoms with E-state index < -0.39 is 0 Å². The second kappa shape index (κ2) is 5.74. The number of benzene rings is 1. The molecule has 3 aromatic rings. The molecule has 2 saturated carbocycles. The standard InChI is InChI=1S/C20H25N5OS/c1-19(2)12-8-9-20(19,3)15(10-12)22-16(26)11-27-18-24-23-17-21-13-6-4-5-7-14(13)25(17)18/h4-7,12,15H,8-11H2,1-3H3,(H,21,23)(H,22,26). The number of aromatic nitrogens is 4. The maximum atomic E-state index is 12.7. The number of fused-ring (bicyclic) bond motifs is 5. The van der Waals surface area contributed by atoms with Crippen molar-refractivity contribution in [1.29, 1.82) is 0 Å². The molecule has 1 amide bonds. The second-order valence-electron chi connectivity index (χ2n) is 8.78. The fraction of sp³-hybridized carbons (Fsp3) is 0.550. The van der Waals surface area contributed by atoms with Crippen LogP contribution in [0.1, 0.15) is 40.0 Å². The molecule has 0 saturated heterocycles. The maximum Gasteiger partial charge on any atom is 0.231 e. The van der Waals surface area contributed by atoms with Crippen molar-refractivity contribution < 1.29 is 4.79 Å². The van der Waals surface area contributed by atoms with Crippen LogP contribution in [0.5, 0.6) is 0 Å². The van der Waals surface area contributed by atoms with E-state index in [9.17, 15) is 4.79 Å². The molecule has 0 spiro atoms. The van der Waals surface area contributed by atoms with E-state index in [0.717, 1.165) is 28.5 Å². The predicted octanol–water partition coefficient (Wildman–Crippen LogP) is 3.63. The third-order valence-electron chi connectivity index (χ3n) is 7.47. The number of nitrogens with one attached hydrogen (secondary N) is 2. The van der Waals surface area contributed by atoms with Crippen LogP contribution in [0.15, 0.2) is 29.4 Å². The lowest BCUT2D eigenvalue weighted by atomic mass is 9.69. The summed E-state index contributed by atoms with van der Waals surface area (Å²) in [5.74, 6) is 1.89. The zero-order chi connectivity index (χ0) is 18.8. The molecule has 3 atom stereocenters. The predicted molar refractivity (Wildman–Crippen MR) is 107 cm³/mol. The summed E-state index contributed by atoms with van der Waals surface area (Å²) in [6.45, 7) is 7.10. The number of aromatic amines is 1. The van der Waals surface area contributed by atoms with Gasteiger partial charge in [-0.2, -0.15) is 0 Å². The smallest absolute Gasteiger partial charge is 0.231 e. The molecule has 2 aliphatic rings. The monoisotopic (exact) mass is 383 g/mol. The van der Waals surface area contributed by atoms with Crippen molar-refractivity contribution in [3.63, 3.8) is 0 Å². The van der Waals surface area contributed by atoms with Crippen molar-refractivity contribution in [1.82, 2.24) is 24.9 Å². The van der Waals surface area contributed by atoms with Crippen LogP contribution in [0.2, 0.25) is 0 Å². The Morgan fingerprint density at radius 1 is 1.37 bits per heavy atom. The number of thioether (sulfide) groups is 1. The Morgan fingerprint density at radius 3 is 2.93 bits per heavy atom. The quantitative estimate of drug-likeness (QED) is 0.675. The highest BCUT2D eigenvalue weighted by atomic mass is 32.2. The van der Waals surface area contributed by atoms with Gasteiger partial charge in [0.25, 0.3) is 0 Å². The van der Waals surface area contributed by atoms with Gasteiger partial charge in [0, 0.05) is 6.04 Å². The largest absolute Gasteiger partial charge is 0.352 e. The molecule has 1 aromatic carbocycles. The molecule has 0 radical (unpaired) electrons. The summed E-state index contributed by atoms with van der Waals surface area (Å²) < 4.78 is 1.98. The van der Waals surface area contributed by atoms with Gasteiger partial charge in [-0.25, -0.2) is 10.1 Å². The molecule has 27 heavy (non-hydrogen) atoms. The number of nitrogens with zero attached hydrogens (tertiary/aromatic N) is 3. The molecule has 2 N–H and O–H groups in total. The van der Waals surface area contributed by atoms with Crippen LogP contribution in [-0.2, 0) is 4.79 Å². The summed E-state index contributed by atoms with van der Waals surface area (Å²) in [4.78, 5) is 17.2. The molecule has 2 bridgehead atoms. The number of imidazole rings is 1.